The summed E-state index contributed by atoms with van der Waals surface area (Å²) in [5.74, 6) is -0.466. The van der Waals surface area contributed by atoms with Gasteiger partial charge in [0.25, 0.3) is 11.5 Å². The monoisotopic (exact) mass is 397 g/mol. The lowest BCUT2D eigenvalue weighted by molar-refractivity contribution is -0.384. The number of non-ortho nitro benzene ring substituents is 1. The standard InChI is InChI=1S/C22H27NO4Si/c1-21(2,3)28(5,6)20-15-16-14-18(23(24)25)12-13-19(16)27-22(20,26-4)17-10-8-7-9-11-17/h7-15H,1-6H3. The van der Waals surface area contributed by atoms with Crippen LogP contribution >= 0.6 is 0 Å². The first-order valence-corrected chi connectivity index (χ1v) is 12.3. The number of nitrogens with zero attached hydrogens (tertiary/aromatic N) is 1. The fraction of sp³-hybridized carbons (Fsp3) is 0.364. The second-order valence-electron chi connectivity index (χ2n) is 8.70. The molecule has 148 valence electrons. The first-order chi connectivity index (χ1) is 13.0. The molecular weight excluding hydrogens is 370 g/mol. The Morgan fingerprint density at radius 3 is 2.29 bits per heavy atom. The zero-order chi connectivity index (χ0) is 20.7. The van der Waals surface area contributed by atoms with Gasteiger partial charge in [-0.25, -0.2) is 0 Å². The van der Waals surface area contributed by atoms with Gasteiger partial charge in [-0.1, -0.05) is 64.2 Å². The van der Waals surface area contributed by atoms with Crippen LogP contribution in [0.15, 0.2) is 53.7 Å². The fourth-order valence-electron chi connectivity index (χ4n) is 3.45. The maximum Gasteiger partial charge on any atom is 0.270 e. The number of nitro groups is 1. The summed E-state index contributed by atoms with van der Waals surface area (Å²) in [6, 6.07) is 14.6. The topological polar surface area (TPSA) is 61.6 Å². The van der Waals surface area contributed by atoms with E-state index >= 15 is 0 Å². The van der Waals surface area contributed by atoms with E-state index in [0.717, 1.165) is 16.3 Å². The summed E-state index contributed by atoms with van der Waals surface area (Å²) in [7, 11) is -0.458. The highest BCUT2D eigenvalue weighted by Crippen LogP contribution is 2.52. The lowest BCUT2D eigenvalue weighted by atomic mass is 9.99. The third-order valence-corrected chi connectivity index (χ3v) is 11.7. The molecule has 1 aliphatic heterocycles. The molecule has 3 rings (SSSR count). The van der Waals surface area contributed by atoms with Gasteiger partial charge in [-0.3, -0.25) is 10.1 Å². The van der Waals surface area contributed by atoms with Crippen LogP contribution in [0.25, 0.3) is 6.08 Å². The quantitative estimate of drug-likeness (QED) is 0.365. The molecule has 1 atom stereocenters. The number of hydrogen-bond donors (Lipinski definition) is 0. The van der Waals surface area contributed by atoms with Gasteiger partial charge in [0.1, 0.15) is 5.75 Å². The molecule has 1 aliphatic rings. The Kier molecular flexibility index (Phi) is 4.98. The SMILES string of the molecule is COC1(c2ccccc2)Oc2ccc([N+](=O)[O-])cc2C=C1[Si](C)(C)C(C)(C)C. The summed E-state index contributed by atoms with van der Waals surface area (Å²) in [4.78, 5) is 10.9. The summed E-state index contributed by atoms with van der Waals surface area (Å²) in [6.45, 7) is 11.3. The highest BCUT2D eigenvalue weighted by molar-refractivity contribution is 6.87. The summed E-state index contributed by atoms with van der Waals surface area (Å²) in [5.41, 5.74) is 1.69. The minimum Gasteiger partial charge on any atom is -0.454 e. The van der Waals surface area contributed by atoms with Crippen molar-refractivity contribution >= 4 is 19.8 Å². The Hall–Kier alpha value is -2.44. The van der Waals surface area contributed by atoms with Crippen LogP contribution < -0.4 is 4.74 Å². The molecule has 0 aliphatic carbocycles. The molecule has 0 N–H and O–H groups in total. The Labute approximate surface area is 167 Å². The van der Waals surface area contributed by atoms with Crippen LogP contribution in [0.3, 0.4) is 0 Å². The lowest BCUT2D eigenvalue weighted by Gasteiger charge is -2.48. The van der Waals surface area contributed by atoms with Crippen LogP contribution in [0.4, 0.5) is 5.69 Å². The molecule has 1 heterocycles. The van der Waals surface area contributed by atoms with Gasteiger partial charge < -0.3 is 9.47 Å². The maximum atomic E-state index is 11.3. The van der Waals surface area contributed by atoms with Crippen LogP contribution in [0.2, 0.25) is 18.1 Å². The van der Waals surface area contributed by atoms with E-state index in [4.69, 9.17) is 9.47 Å². The van der Waals surface area contributed by atoms with Crippen molar-refractivity contribution in [1.82, 2.24) is 0 Å². The Morgan fingerprint density at radius 1 is 1.11 bits per heavy atom. The van der Waals surface area contributed by atoms with E-state index in [1.807, 2.05) is 30.3 Å². The summed E-state index contributed by atoms with van der Waals surface area (Å²) >= 11 is 0. The highest BCUT2D eigenvalue weighted by atomic mass is 28.3. The van der Waals surface area contributed by atoms with Crippen LogP contribution in [-0.4, -0.2) is 20.1 Å². The molecule has 0 bridgehead atoms. The lowest BCUT2D eigenvalue weighted by Crippen LogP contribution is -2.52. The minimum absolute atomic E-state index is 0.0268. The van der Waals surface area contributed by atoms with Crippen molar-refractivity contribution in [2.75, 3.05) is 7.11 Å². The molecule has 2 aromatic rings. The fourth-order valence-corrected chi connectivity index (χ4v) is 5.90. The van der Waals surface area contributed by atoms with Gasteiger partial charge in [0.15, 0.2) is 0 Å². The molecule has 0 aromatic heterocycles. The van der Waals surface area contributed by atoms with E-state index in [0.29, 0.717) is 5.75 Å². The first-order valence-electron chi connectivity index (χ1n) is 9.34. The Bertz CT molecular complexity index is 931. The van der Waals surface area contributed by atoms with Crippen molar-refractivity contribution in [2.45, 2.75) is 44.7 Å². The van der Waals surface area contributed by atoms with Crippen molar-refractivity contribution in [3.05, 3.63) is 75.0 Å². The smallest absolute Gasteiger partial charge is 0.270 e. The van der Waals surface area contributed by atoms with Crippen LogP contribution in [0.1, 0.15) is 31.9 Å². The third-order valence-electron chi connectivity index (χ3n) is 6.10. The summed E-state index contributed by atoms with van der Waals surface area (Å²) < 4.78 is 12.6. The van der Waals surface area contributed by atoms with E-state index in [1.54, 1.807) is 19.2 Å². The van der Waals surface area contributed by atoms with Crippen molar-refractivity contribution in [2.24, 2.45) is 0 Å². The largest absolute Gasteiger partial charge is 0.454 e. The Balaban J connectivity index is 2.31. The van der Waals surface area contributed by atoms with E-state index in [9.17, 15) is 10.1 Å². The molecule has 0 spiro atoms. The predicted molar refractivity (Wildman–Crippen MR) is 114 cm³/mol. The molecule has 2 aromatic carbocycles. The van der Waals surface area contributed by atoms with E-state index in [-0.39, 0.29) is 15.6 Å². The maximum absolute atomic E-state index is 11.3. The van der Waals surface area contributed by atoms with Gasteiger partial charge in [0.05, 0.1) is 13.0 Å². The number of rotatable bonds is 4. The van der Waals surface area contributed by atoms with Crippen molar-refractivity contribution in [3.63, 3.8) is 0 Å². The van der Waals surface area contributed by atoms with Crippen LogP contribution in [0.5, 0.6) is 5.75 Å². The van der Waals surface area contributed by atoms with E-state index in [2.05, 4.69) is 39.9 Å². The highest BCUT2D eigenvalue weighted by Gasteiger charge is 2.53. The minimum atomic E-state index is -2.12. The molecule has 0 radical (unpaired) electrons. The summed E-state index contributed by atoms with van der Waals surface area (Å²) in [6.07, 6.45) is 2.06. The average Bonchev–Trinajstić information content (AvgIpc) is 2.66. The number of benzene rings is 2. The van der Waals surface area contributed by atoms with Gasteiger partial charge in [-0.15, -0.1) is 0 Å². The third kappa shape index (κ3) is 3.16. The predicted octanol–water partition coefficient (Wildman–Crippen LogP) is 5.92. The Morgan fingerprint density at radius 2 is 1.75 bits per heavy atom. The average molecular weight is 398 g/mol. The van der Waals surface area contributed by atoms with E-state index in [1.165, 1.54) is 6.07 Å². The number of ether oxygens (including phenoxy) is 2. The number of fused-ring (bicyclic) bond motifs is 1. The molecule has 28 heavy (non-hydrogen) atoms. The molecule has 0 fully saturated rings. The second kappa shape index (κ2) is 6.86. The van der Waals surface area contributed by atoms with E-state index < -0.39 is 13.9 Å². The first kappa shape index (κ1) is 20.3. The molecule has 6 heteroatoms. The zero-order valence-corrected chi connectivity index (χ0v) is 18.3. The van der Waals surface area contributed by atoms with Crippen LogP contribution in [-0.2, 0) is 10.5 Å². The van der Waals surface area contributed by atoms with Crippen LogP contribution in [0, 0.1) is 10.1 Å². The number of nitro benzene ring substituents is 1. The van der Waals surface area contributed by atoms with Gasteiger partial charge in [0, 0.05) is 30.4 Å². The molecule has 1 unspecified atom stereocenters. The molecular formula is C22H27NO4Si. The molecule has 0 amide bonds. The number of hydrogen-bond acceptors (Lipinski definition) is 4. The summed E-state index contributed by atoms with van der Waals surface area (Å²) in [5, 5.41) is 12.3. The van der Waals surface area contributed by atoms with Crippen molar-refractivity contribution in [1.29, 1.82) is 0 Å². The molecule has 0 saturated heterocycles. The van der Waals surface area contributed by atoms with Gasteiger partial charge >= 0.3 is 0 Å². The number of methoxy groups -OCH3 is 1. The second-order valence-corrected chi connectivity index (χ2v) is 14.0. The van der Waals surface area contributed by atoms with Crippen molar-refractivity contribution in [3.8, 4) is 5.75 Å². The zero-order valence-electron chi connectivity index (χ0n) is 17.3. The molecule has 5 nitrogen and oxygen atoms in total. The van der Waals surface area contributed by atoms with Gasteiger partial charge in [-0.2, -0.15) is 0 Å². The van der Waals surface area contributed by atoms with Gasteiger partial charge in [-0.05, 0) is 22.4 Å². The normalized spacial score (nSPS) is 19.4. The van der Waals surface area contributed by atoms with Crippen molar-refractivity contribution < 1.29 is 14.4 Å². The molecule has 0 saturated carbocycles. The van der Waals surface area contributed by atoms with Gasteiger partial charge in [0.2, 0.25) is 0 Å².